The SMILES string of the molecule is OC[C@H]1O[C@H](O)[C@H](O)[C@@H]1O.[NaH]. The zero-order chi connectivity index (χ0) is 7.72. The van der Waals surface area contributed by atoms with Crippen molar-refractivity contribution in [3.8, 4) is 0 Å². The molecule has 6 heteroatoms. The standard InChI is InChI=1S/C5H10O5.Na.H/c6-1-2-3(7)4(8)5(9)10-2;;/h2-9H,1H2;;/t2-,3-,4-,5+;;/m1../s1. The van der Waals surface area contributed by atoms with Crippen LogP contribution in [-0.2, 0) is 4.74 Å². The number of ether oxygens (including phenoxy) is 1. The van der Waals surface area contributed by atoms with Crippen LogP contribution in [0.5, 0.6) is 0 Å². The van der Waals surface area contributed by atoms with Crippen LogP contribution in [0, 0.1) is 0 Å². The van der Waals surface area contributed by atoms with Gasteiger partial charge in [0.15, 0.2) is 6.29 Å². The van der Waals surface area contributed by atoms with Crippen molar-refractivity contribution in [1.82, 2.24) is 0 Å². The van der Waals surface area contributed by atoms with Crippen molar-refractivity contribution in [1.29, 1.82) is 0 Å². The average Bonchev–Trinajstić information content (AvgIpc) is 2.17. The van der Waals surface area contributed by atoms with Gasteiger partial charge < -0.3 is 25.2 Å². The fourth-order valence-electron chi connectivity index (χ4n) is 0.880. The summed E-state index contributed by atoms with van der Waals surface area (Å²) >= 11 is 0. The summed E-state index contributed by atoms with van der Waals surface area (Å²) in [5.74, 6) is 0. The molecule has 1 aliphatic rings. The number of aliphatic hydroxyl groups excluding tert-OH is 4. The molecule has 5 nitrogen and oxygen atoms in total. The van der Waals surface area contributed by atoms with E-state index in [0.717, 1.165) is 0 Å². The third-order valence-corrected chi connectivity index (χ3v) is 1.52. The monoisotopic (exact) mass is 174 g/mol. The fourth-order valence-corrected chi connectivity index (χ4v) is 0.880. The van der Waals surface area contributed by atoms with Gasteiger partial charge in [-0.15, -0.1) is 0 Å². The second-order valence-corrected chi connectivity index (χ2v) is 2.23. The van der Waals surface area contributed by atoms with Crippen LogP contribution in [0.15, 0.2) is 0 Å². The van der Waals surface area contributed by atoms with Gasteiger partial charge in [0.1, 0.15) is 18.3 Å². The Bertz CT molecular complexity index is 121. The molecule has 0 unspecified atom stereocenters. The minimum atomic E-state index is -1.38. The molecule has 1 aliphatic heterocycles. The number of aliphatic hydroxyl groups is 4. The van der Waals surface area contributed by atoms with Crippen molar-refractivity contribution < 1.29 is 25.2 Å². The van der Waals surface area contributed by atoms with Gasteiger partial charge in [-0.2, -0.15) is 0 Å². The summed E-state index contributed by atoms with van der Waals surface area (Å²) in [4.78, 5) is 0. The van der Waals surface area contributed by atoms with E-state index in [9.17, 15) is 0 Å². The maximum absolute atomic E-state index is 8.93. The molecule has 4 N–H and O–H groups in total. The molecule has 0 radical (unpaired) electrons. The predicted octanol–water partition coefficient (Wildman–Crippen LogP) is -3.23. The van der Waals surface area contributed by atoms with E-state index >= 15 is 0 Å². The quantitative estimate of drug-likeness (QED) is 0.314. The molecule has 4 atom stereocenters. The Kier molecular flexibility index (Phi) is 5.08. The number of hydrogen-bond acceptors (Lipinski definition) is 5. The minimum absolute atomic E-state index is 0. The van der Waals surface area contributed by atoms with Gasteiger partial charge in [-0.05, 0) is 0 Å². The van der Waals surface area contributed by atoms with Crippen molar-refractivity contribution in [2.45, 2.75) is 24.6 Å². The van der Waals surface area contributed by atoms with E-state index in [2.05, 4.69) is 4.74 Å². The van der Waals surface area contributed by atoms with E-state index in [0.29, 0.717) is 0 Å². The van der Waals surface area contributed by atoms with E-state index in [4.69, 9.17) is 20.4 Å². The Morgan fingerprint density at radius 3 is 1.82 bits per heavy atom. The molecule has 11 heavy (non-hydrogen) atoms. The first-order chi connectivity index (χ1) is 4.66. The van der Waals surface area contributed by atoms with Crippen LogP contribution >= 0.6 is 0 Å². The zero-order valence-electron chi connectivity index (χ0n) is 5.21. The fraction of sp³-hybridized carbons (Fsp3) is 1.00. The molecule has 1 fully saturated rings. The van der Waals surface area contributed by atoms with Crippen LogP contribution in [-0.4, -0.2) is 81.2 Å². The van der Waals surface area contributed by atoms with Gasteiger partial charge in [-0.3, -0.25) is 0 Å². The number of rotatable bonds is 1. The molecular formula is C5H11NaO5. The molecule has 0 spiro atoms. The molecule has 1 rings (SSSR count). The Labute approximate surface area is 85.9 Å². The van der Waals surface area contributed by atoms with Crippen LogP contribution < -0.4 is 0 Å². The van der Waals surface area contributed by atoms with Gasteiger partial charge in [-0.1, -0.05) is 0 Å². The molecule has 62 valence electrons. The molecular weight excluding hydrogens is 163 g/mol. The van der Waals surface area contributed by atoms with Gasteiger partial charge in [0.2, 0.25) is 0 Å². The first kappa shape index (κ1) is 11.8. The van der Waals surface area contributed by atoms with Crippen molar-refractivity contribution in [2.24, 2.45) is 0 Å². The van der Waals surface area contributed by atoms with Gasteiger partial charge >= 0.3 is 29.6 Å². The molecule has 0 aromatic heterocycles. The van der Waals surface area contributed by atoms with E-state index in [1.165, 1.54) is 0 Å². The third kappa shape index (κ3) is 2.37. The Morgan fingerprint density at radius 1 is 1.09 bits per heavy atom. The third-order valence-electron chi connectivity index (χ3n) is 1.52. The second-order valence-electron chi connectivity index (χ2n) is 2.23. The first-order valence-corrected chi connectivity index (χ1v) is 2.97. The van der Waals surface area contributed by atoms with Crippen LogP contribution in [0.2, 0.25) is 0 Å². The summed E-state index contributed by atoms with van der Waals surface area (Å²) in [7, 11) is 0. The first-order valence-electron chi connectivity index (χ1n) is 2.97. The summed E-state index contributed by atoms with van der Waals surface area (Å²) in [5.41, 5.74) is 0. The second kappa shape index (κ2) is 4.74. The summed E-state index contributed by atoms with van der Waals surface area (Å²) in [6.45, 7) is -0.407. The molecule has 0 aromatic rings. The van der Waals surface area contributed by atoms with Crippen LogP contribution in [0.25, 0.3) is 0 Å². The summed E-state index contributed by atoms with van der Waals surface area (Å²) < 4.78 is 4.54. The Hall–Kier alpha value is 0.800. The molecule has 1 saturated heterocycles. The summed E-state index contributed by atoms with van der Waals surface area (Å²) in [5, 5.41) is 35.0. The summed E-state index contributed by atoms with van der Waals surface area (Å²) in [6.07, 6.45) is -4.76. The molecule has 0 saturated carbocycles. The van der Waals surface area contributed by atoms with E-state index in [1.54, 1.807) is 0 Å². The number of hydrogen-bond donors (Lipinski definition) is 4. The molecule has 0 aliphatic carbocycles. The van der Waals surface area contributed by atoms with Gasteiger partial charge in [0.05, 0.1) is 6.61 Å². The van der Waals surface area contributed by atoms with Gasteiger partial charge in [0.25, 0.3) is 0 Å². The van der Waals surface area contributed by atoms with Crippen molar-refractivity contribution in [3.05, 3.63) is 0 Å². The van der Waals surface area contributed by atoms with Gasteiger partial charge in [-0.25, -0.2) is 0 Å². The van der Waals surface area contributed by atoms with Crippen LogP contribution in [0.3, 0.4) is 0 Å². The van der Waals surface area contributed by atoms with E-state index in [1.807, 2.05) is 0 Å². The van der Waals surface area contributed by atoms with E-state index < -0.39 is 31.2 Å². The van der Waals surface area contributed by atoms with Crippen LogP contribution in [0.4, 0.5) is 0 Å². The predicted molar refractivity (Wildman–Crippen MR) is 37.1 cm³/mol. The normalized spacial score (nSPS) is 43.6. The van der Waals surface area contributed by atoms with Gasteiger partial charge in [0, 0.05) is 0 Å². The average molecular weight is 174 g/mol. The topological polar surface area (TPSA) is 90.2 Å². The zero-order valence-corrected chi connectivity index (χ0v) is 5.21. The molecule has 1 heterocycles. The molecule has 0 amide bonds. The van der Waals surface area contributed by atoms with E-state index in [-0.39, 0.29) is 29.6 Å². The molecule has 0 bridgehead atoms. The van der Waals surface area contributed by atoms with Crippen molar-refractivity contribution in [2.75, 3.05) is 6.61 Å². The Morgan fingerprint density at radius 2 is 1.64 bits per heavy atom. The van der Waals surface area contributed by atoms with Crippen molar-refractivity contribution in [3.63, 3.8) is 0 Å². The van der Waals surface area contributed by atoms with Crippen LogP contribution in [0.1, 0.15) is 0 Å². The van der Waals surface area contributed by atoms with Crippen molar-refractivity contribution >= 4 is 29.6 Å². The molecule has 0 aromatic carbocycles. The Balaban J connectivity index is 0.000001000. The summed E-state index contributed by atoms with van der Waals surface area (Å²) in [6, 6.07) is 0. The maximum atomic E-state index is 8.93.